The van der Waals surface area contributed by atoms with E-state index in [0.29, 0.717) is 0 Å². The number of hydrogen-bond acceptors (Lipinski definition) is 3. The van der Waals surface area contributed by atoms with Crippen LogP contribution in [0.2, 0.25) is 0 Å². The van der Waals surface area contributed by atoms with Gasteiger partial charge in [0.25, 0.3) is 0 Å². The van der Waals surface area contributed by atoms with Gasteiger partial charge in [0.05, 0.1) is 5.37 Å². The Hall–Kier alpha value is 0.270. The molecule has 2 heterocycles. The van der Waals surface area contributed by atoms with Crippen molar-refractivity contribution in [3.8, 4) is 0 Å². The number of nitrogens with zero attached hydrogens (tertiary/aromatic N) is 2. The lowest BCUT2D eigenvalue weighted by molar-refractivity contribution is 0.189. The maximum Gasteiger partial charge on any atom is 0.0689 e. The Kier molecular flexibility index (Phi) is 3.74. The molecule has 2 saturated heterocycles. The Labute approximate surface area is 92.0 Å². The van der Waals surface area contributed by atoms with E-state index in [2.05, 4.69) is 35.4 Å². The molecular formula is C11H22N2S. The summed E-state index contributed by atoms with van der Waals surface area (Å²) in [7, 11) is 0. The summed E-state index contributed by atoms with van der Waals surface area (Å²) in [6, 6.07) is 0.720. The summed E-state index contributed by atoms with van der Waals surface area (Å²) >= 11 is 2.15. The van der Waals surface area contributed by atoms with Crippen LogP contribution in [-0.2, 0) is 0 Å². The van der Waals surface area contributed by atoms with E-state index in [-0.39, 0.29) is 0 Å². The highest BCUT2D eigenvalue weighted by molar-refractivity contribution is 8.00. The van der Waals surface area contributed by atoms with Crippen LogP contribution >= 0.6 is 11.8 Å². The molecule has 0 aliphatic carbocycles. The largest absolute Gasteiger partial charge is 0.301 e. The van der Waals surface area contributed by atoms with Crippen LogP contribution in [-0.4, -0.2) is 53.1 Å². The van der Waals surface area contributed by atoms with Crippen LogP contribution in [0.3, 0.4) is 0 Å². The van der Waals surface area contributed by atoms with Crippen LogP contribution in [0.1, 0.15) is 26.7 Å². The Morgan fingerprint density at radius 3 is 2.57 bits per heavy atom. The topological polar surface area (TPSA) is 6.48 Å². The molecule has 0 N–H and O–H groups in total. The van der Waals surface area contributed by atoms with E-state index >= 15 is 0 Å². The average Bonchev–Trinajstić information content (AvgIpc) is 2.75. The van der Waals surface area contributed by atoms with Crippen molar-refractivity contribution in [1.29, 1.82) is 0 Å². The van der Waals surface area contributed by atoms with E-state index in [1.807, 2.05) is 0 Å². The van der Waals surface area contributed by atoms with E-state index in [0.717, 1.165) is 11.4 Å². The second-order valence-electron chi connectivity index (χ2n) is 4.66. The van der Waals surface area contributed by atoms with Gasteiger partial charge in [0.2, 0.25) is 0 Å². The van der Waals surface area contributed by atoms with Gasteiger partial charge >= 0.3 is 0 Å². The van der Waals surface area contributed by atoms with Crippen LogP contribution in [0, 0.1) is 0 Å². The molecule has 0 bridgehead atoms. The predicted octanol–water partition coefficient (Wildman–Crippen LogP) is 1.87. The van der Waals surface area contributed by atoms with Gasteiger partial charge in [-0.1, -0.05) is 0 Å². The smallest absolute Gasteiger partial charge is 0.0689 e. The van der Waals surface area contributed by atoms with Crippen molar-refractivity contribution < 1.29 is 0 Å². The van der Waals surface area contributed by atoms with E-state index in [1.165, 1.54) is 44.8 Å². The first-order chi connectivity index (χ1) is 6.77. The summed E-state index contributed by atoms with van der Waals surface area (Å²) in [6.45, 7) is 9.90. The first-order valence-electron chi connectivity index (χ1n) is 5.87. The van der Waals surface area contributed by atoms with Crippen molar-refractivity contribution in [3.05, 3.63) is 0 Å². The lowest BCUT2D eigenvalue weighted by Gasteiger charge is -2.30. The van der Waals surface area contributed by atoms with Crippen molar-refractivity contribution in [2.24, 2.45) is 0 Å². The van der Waals surface area contributed by atoms with Crippen molar-refractivity contribution in [1.82, 2.24) is 9.80 Å². The standard InChI is InChI=1S/C11H22N2S/c1-10(2)13-7-8-14-11(13)9-12-5-3-4-6-12/h10-11H,3-9H2,1-2H3/t11-/m0/s1. The quantitative estimate of drug-likeness (QED) is 0.708. The molecule has 2 rings (SSSR count). The number of rotatable bonds is 3. The lowest BCUT2D eigenvalue weighted by atomic mass is 10.3. The number of likely N-dealkylation sites (tertiary alicyclic amines) is 1. The summed E-state index contributed by atoms with van der Waals surface area (Å²) in [5.41, 5.74) is 0. The summed E-state index contributed by atoms with van der Waals surface area (Å²) < 4.78 is 0. The second kappa shape index (κ2) is 4.86. The van der Waals surface area contributed by atoms with Gasteiger partial charge in [-0.05, 0) is 39.8 Å². The van der Waals surface area contributed by atoms with Gasteiger partial charge in [0, 0.05) is 24.9 Å². The first kappa shape index (κ1) is 10.8. The lowest BCUT2D eigenvalue weighted by Crippen LogP contribution is -2.41. The molecule has 0 amide bonds. The molecule has 0 saturated carbocycles. The fourth-order valence-corrected chi connectivity index (χ4v) is 3.91. The highest BCUT2D eigenvalue weighted by atomic mass is 32.2. The fraction of sp³-hybridized carbons (Fsp3) is 1.00. The summed E-state index contributed by atoms with van der Waals surface area (Å²) in [6.07, 6.45) is 2.83. The third-order valence-electron chi connectivity index (χ3n) is 3.31. The zero-order valence-electron chi connectivity index (χ0n) is 9.41. The average molecular weight is 214 g/mol. The van der Waals surface area contributed by atoms with E-state index < -0.39 is 0 Å². The molecule has 82 valence electrons. The molecule has 0 radical (unpaired) electrons. The SMILES string of the molecule is CC(C)N1CCS[C@H]1CN1CCCC1. The molecule has 2 aliphatic heterocycles. The summed E-state index contributed by atoms with van der Waals surface area (Å²) in [5, 5.41) is 0.771. The normalized spacial score (nSPS) is 30.6. The van der Waals surface area contributed by atoms with Gasteiger partial charge in [-0.25, -0.2) is 0 Å². The van der Waals surface area contributed by atoms with Crippen LogP contribution < -0.4 is 0 Å². The number of hydrogen-bond donors (Lipinski definition) is 0. The van der Waals surface area contributed by atoms with E-state index in [9.17, 15) is 0 Å². The van der Waals surface area contributed by atoms with Crippen molar-refractivity contribution in [3.63, 3.8) is 0 Å². The zero-order chi connectivity index (χ0) is 9.97. The van der Waals surface area contributed by atoms with E-state index in [1.54, 1.807) is 0 Å². The molecule has 0 aromatic carbocycles. The minimum Gasteiger partial charge on any atom is -0.301 e. The van der Waals surface area contributed by atoms with E-state index in [4.69, 9.17) is 0 Å². The highest BCUT2D eigenvalue weighted by Gasteiger charge is 2.29. The molecule has 0 aromatic heterocycles. The third-order valence-corrected chi connectivity index (χ3v) is 4.53. The van der Waals surface area contributed by atoms with Gasteiger partial charge in [0.15, 0.2) is 0 Å². The van der Waals surface area contributed by atoms with Gasteiger partial charge in [-0.15, -0.1) is 11.8 Å². The predicted molar refractivity (Wildman–Crippen MR) is 63.8 cm³/mol. The molecule has 2 aliphatic rings. The maximum absolute atomic E-state index is 2.66. The Morgan fingerprint density at radius 2 is 1.93 bits per heavy atom. The van der Waals surface area contributed by atoms with Crippen LogP contribution in [0.25, 0.3) is 0 Å². The minimum atomic E-state index is 0.720. The minimum absolute atomic E-state index is 0.720. The molecule has 2 nitrogen and oxygen atoms in total. The Balaban J connectivity index is 1.83. The van der Waals surface area contributed by atoms with Gasteiger partial charge in [0.1, 0.15) is 0 Å². The monoisotopic (exact) mass is 214 g/mol. The number of thioether (sulfide) groups is 1. The molecule has 0 unspecified atom stereocenters. The molecule has 1 atom stereocenters. The molecule has 0 spiro atoms. The van der Waals surface area contributed by atoms with Crippen LogP contribution in [0.5, 0.6) is 0 Å². The maximum atomic E-state index is 2.66. The van der Waals surface area contributed by atoms with Crippen molar-refractivity contribution in [2.45, 2.75) is 38.1 Å². The van der Waals surface area contributed by atoms with Crippen molar-refractivity contribution in [2.75, 3.05) is 31.9 Å². The first-order valence-corrected chi connectivity index (χ1v) is 6.92. The molecule has 0 aromatic rings. The summed E-state index contributed by atoms with van der Waals surface area (Å²) in [4.78, 5) is 5.29. The third kappa shape index (κ3) is 2.44. The van der Waals surface area contributed by atoms with Gasteiger partial charge in [-0.3, -0.25) is 4.90 Å². The molecule has 3 heteroatoms. The second-order valence-corrected chi connectivity index (χ2v) is 5.95. The Morgan fingerprint density at radius 1 is 1.21 bits per heavy atom. The van der Waals surface area contributed by atoms with Crippen molar-refractivity contribution >= 4 is 11.8 Å². The fourth-order valence-electron chi connectivity index (χ4n) is 2.47. The zero-order valence-corrected chi connectivity index (χ0v) is 10.2. The van der Waals surface area contributed by atoms with Gasteiger partial charge < -0.3 is 4.90 Å². The van der Waals surface area contributed by atoms with Crippen LogP contribution in [0.15, 0.2) is 0 Å². The van der Waals surface area contributed by atoms with Crippen LogP contribution in [0.4, 0.5) is 0 Å². The highest BCUT2D eigenvalue weighted by Crippen LogP contribution is 2.27. The summed E-state index contributed by atoms with van der Waals surface area (Å²) in [5.74, 6) is 1.33. The Bertz CT molecular complexity index is 178. The molecular weight excluding hydrogens is 192 g/mol. The molecule has 14 heavy (non-hydrogen) atoms. The van der Waals surface area contributed by atoms with Gasteiger partial charge in [-0.2, -0.15) is 0 Å². The molecule has 2 fully saturated rings.